The first-order valence-corrected chi connectivity index (χ1v) is 5.19. The molecule has 1 aromatic rings. The topological polar surface area (TPSA) is 92.8 Å². The number of Topliss-reactive ketones (excluding diaryl/α,β-unsaturated/α-hetero) is 1. The maximum absolute atomic E-state index is 12.2. The fraction of sp³-hybridized carbons (Fsp3) is 0.364. The second kappa shape index (κ2) is 4.77. The molecule has 92 valence electrons. The number of carbonyl (C=O) groups is 1. The number of nitrogens with two attached hydrogens (primary N) is 1. The summed E-state index contributed by atoms with van der Waals surface area (Å²) in [6.45, 7) is 5.25. The van der Waals surface area contributed by atoms with E-state index in [1.807, 2.05) is 0 Å². The largest absolute Gasteiger partial charge is 0.707 e. The molecule has 0 aromatic heterocycles. The molecule has 17 heavy (non-hydrogen) atoms. The molecule has 0 aliphatic heterocycles. The summed E-state index contributed by atoms with van der Waals surface area (Å²) in [7, 11) is -1.98. The van der Waals surface area contributed by atoms with Gasteiger partial charge in [-0.05, 0) is 12.1 Å². The standard InChI is InChI=1S/C11H16BNO4/c1-11(2,3)10(14)9-7(13)5-4-6-8(9)17-12(15)16/h4-6,15-16H,13H2,1-3H3. The maximum Gasteiger partial charge on any atom is 0.707 e. The molecule has 1 aromatic carbocycles. The molecule has 5 nitrogen and oxygen atoms in total. The lowest BCUT2D eigenvalue weighted by Crippen LogP contribution is -2.26. The number of anilines is 1. The molecule has 0 radical (unpaired) electrons. The van der Waals surface area contributed by atoms with Gasteiger partial charge < -0.3 is 20.4 Å². The molecule has 0 spiro atoms. The Morgan fingerprint density at radius 2 is 1.94 bits per heavy atom. The highest BCUT2D eigenvalue weighted by molar-refractivity contribution is 6.34. The maximum atomic E-state index is 12.2. The van der Waals surface area contributed by atoms with Crippen LogP contribution in [0.4, 0.5) is 5.69 Å². The normalized spacial score (nSPS) is 11.1. The molecule has 0 aliphatic rings. The van der Waals surface area contributed by atoms with Crippen molar-refractivity contribution in [2.24, 2.45) is 5.41 Å². The summed E-state index contributed by atoms with van der Waals surface area (Å²) >= 11 is 0. The van der Waals surface area contributed by atoms with Gasteiger partial charge in [0.2, 0.25) is 0 Å². The molecule has 0 amide bonds. The summed E-state index contributed by atoms with van der Waals surface area (Å²) in [4.78, 5) is 12.2. The van der Waals surface area contributed by atoms with Gasteiger partial charge in [-0.3, -0.25) is 4.79 Å². The van der Waals surface area contributed by atoms with E-state index in [0.29, 0.717) is 0 Å². The first kappa shape index (κ1) is 13.5. The second-order valence-corrected chi connectivity index (χ2v) is 4.74. The molecule has 0 bridgehead atoms. The van der Waals surface area contributed by atoms with Crippen molar-refractivity contribution >= 4 is 18.8 Å². The average Bonchev–Trinajstić information content (AvgIpc) is 2.14. The fourth-order valence-electron chi connectivity index (χ4n) is 1.38. The van der Waals surface area contributed by atoms with E-state index in [4.69, 9.17) is 20.4 Å². The number of rotatable bonds is 3. The van der Waals surface area contributed by atoms with Gasteiger partial charge in [0, 0.05) is 11.1 Å². The van der Waals surface area contributed by atoms with Crippen molar-refractivity contribution in [3.8, 4) is 5.75 Å². The number of carbonyl (C=O) groups excluding carboxylic acids is 1. The Hall–Kier alpha value is -1.53. The molecule has 0 heterocycles. The van der Waals surface area contributed by atoms with Crippen molar-refractivity contribution < 1.29 is 19.5 Å². The Morgan fingerprint density at radius 1 is 1.35 bits per heavy atom. The van der Waals surface area contributed by atoms with Gasteiger partial charge in [0.1, 0.15) is 5.75 Å². The summed E-state index contributed by atoms with van der Waals surface area (Å²) in [6, 6.07) is 4.61. The lowest BCUT2D eigenvalue weighted by atomic mass is 9.85. The molecule has 6 heteroatoms. The highest BCUT2D eigenvalue weighted by atomic mass is 16.6. The van der Waals surface area contributed by atoms with Crippen molar-refractivity contribution in [1.82, 2.24) is 0 Å². The van der Waals surface area contributed by atoms with Gasteiger partial charge in [-0.2, -0.15) is 0 Å². The number of hydrogen-bond donors (Lipinski definition) is 3. The molecule has 0 fully saturated rings. The van der Waals surface area contributed by atoms with Crippen LogP contribution in [0, 0.1) is 5.41 Å². The first-order valence-electron chi connectivity index (χ1n) is 5.19. The highest BCUT2D eigenvalue weighted by Crippen LogP contribution is 2.31. The van der Waals surface area contributed by atoms with E-state index < -0.39 is 12.7 Å². The minimum absolute atomic E-state index is 0.0694. The third-order valence-electron chi connectivity index (χ3n) is 2.20. The van der Waals surface area contributed by atoms with Crippen molar-refractivity contribution in [1.29, 1.82) is 0 Å². The minimum atomic E-state index is -1.98. The van der Waals surface area contributed by atoms with Crippen LogP contribution in [0.1, 0.15) is 31.1 Å². The van der Waals surface area contributed by atoms with E-state index in [0.717, 1.165) is 0 Å². The Labute approximate surface area is 100 Å². The predicted molar refractivity (Wildman–Crippen MR) is 65.5 cm³/mol. The van der Waals surface area contributed by atoms with Crippen molar-refractivity contribution in [3.63, 3.8) is 0 Å². The van der Waals surface area contributed by atoms with Gasteiger partial charge in [-0.25, -0.2) is 0 Å². The van der Waals surface area contributed by atoms with Gasteiger partial charge in [0.15, 0.2) is 5.78 Å². The number of benzene rings is 1. The molecular formula is C11H16BNO4. The van der Waals surface area contributed by atoms with Crippen LogP contribution < -0.4 is 10.4 Å². The van der Waals surface area contributed by atoms with E-state index >= 15 is 0 Å². The number of ketones is 1. The molecule has 0 saturated carbocycles. The monoisotopic (exact) mass is 237 g/mol. The zero-order valence-corrected chi connectivity index (χ0v) is 10.1. The van der Waals surface area contributed by atoms with Gasteiger partial charge in [-0.15, -0.1) is 0 Å². The molecule has 0 aliphatic carbocycles. The summed E-state index contributed by atoms with van der Waals surface area (Å²) in [5.74, 6) is -0.147. The van der Waals surface area contributed by atoms with E-state index in [9.17, 15) is 4.79 Å². The SMILES string of the molecule is CC(C)(C)C(=O)c1c(N)cccc1OB(O)O. The minimum Gasteiger partial charge on any atom is -0.511 e. The Kier molecular flexibility index (Phi) is 3.80. The lowest BCUT2D eigenvalue weighted by Gasteiger charge is -2.20. The van der Waals surface area contributed by atoms with Crippen molar-refractivity contribution in [3.05, 3.63) is 23.8 Å². The van der Waals surface area contributed by atoms with Crippen LogP contribution in [0.3, 0.4) is 0 Å². The van der Waals surface area contributed by atoms with Crippen molar-refractivity contribution in [2.45, 2.75) is 20.8 Å². The van der Waals surface area contributed by atoms with E-state index in [2.05, 4.69) is 0 Å². The second-order valence-electron chi connectivity index (χ2n) is 4.74. The van der Waals surface area contributed by atoms with Crippen LogP contribution in [0.25, 0.3) is 0 Å². The average molecular weight is 237 g/mol. The van der Waals surface area contributed by atoms with Crippen LogP contribution >= 0.6 is 0 Å². The number of hydrogen-bond acceptors (Lipinski definition) is 5. The molecule has 0 unspecified atom stereocenters. The molecule has 4 N–H and O–H groups in total. The van der Waals surface area contributed by atoms with Crippen LogP contribution in [0.5, 0.6) is 5.75 Å². The van der Waals surface area contributed by atoms with E-state index in [1.165, 1.54) is 6.07 Å². The van der Waals surface area contributed by atoms with Crippen LogP contribution in [-0.2, 0) is 0 Å². The summed E-state index contributed by atoms with van der Waals surface area (Å²) in [5, 5.41) is 17.6. The molecule has 1 rings (SSSR count). The van der Waals surface area contributed by atoms with Crippen molar-refractivity contribution in [2.75, 3.05) is 5.73 Å². The van der Waals surface area contributed by atoms with E-state index in [-0.39, 0.29) is 22.8 Å². The van der Waals surface area contributed by atoms with Gasteiger partial charge in [-0.1, -0.05) is 26.8 Å². The highest BCUT2D eigenvalue weighted by Gasteiger charge is 2.28. The fourth-order valence-corrected chi connectivity index (χ4v) is 1.38. The Bertz CT molecular complexity index is 426. The smallest absolute Gasteiger partial charge is 0.511 e. The van der Waals surface area contributed by atoms with Crippen LogP contribution in [0.15, 0.2) is 18.2 Å². The molecule has 0 atom stereocenters. The van der Waals surface area contributed by atoms with E-state index in [1.54, 1.807) is 32.9 Å². The van der Waals surface area contributed by atoms with Gasteiger partial charge >= 0.3 is 7.32 Å². The lowest BCUT2D eigenvalue weighted by molar-refractivity contribution is 0.0857. The first-order chi connectivity index (χ1) is 7.73. The Balaban J connectivity index is 3.25. The quantitative estimate of drug-likeness (QED) is 0.411. The number of nitrogen functional groups attached to an aromatic ring is 1. The summed E-state index contributed by atoms with van der Waals surface area (Å²) in [5.41, 5.74) is 5.53. The zero-order valence-electron chi connectivity index (χ0n) is 10.1. The predicted octanol–water partition coefficient (Wildman–Crippen LogP) is 0.846. The third-order valence-corrected chi connectivity index (χ3v) is 2.20. The van der Waals surface area contributed by atoms with Gasteiger partial charge in [0.05, 0.1) is 5.56 Å². The zero-order chi connectivity index (χ0) is 13.2. The summed E-state index contributed by atoms with van der Waals surface area (Å²) in [6.07, 6.45) is 0. The van der Waals surface area contributed by atoms with Gasteiger partial charge in [0.25, 0.3) is 0 Å². The summed E-state index contributed by atoms with van der Waals surface area (Å²) < 4.78 is 4.75. The molecular weight excluding hydrogens is 221 g/mol. The third kappa shape index (κ3) is 3.21. The molecule has 0 saturated heterocycles. The van der Waals surface area contributed by atoms with Crippen LogP contribution in [0.2, 0.25) is 0 Å². The Morgan fingerprint density at radius 3 is 2.41 bits per heavy atom. The van der Waals surface area contributed by atoms with Crippen LogP contribution in [-0.4, -0.2) is 23.2 Å².